The predicted molar refractivity (Wildman–Crippen MR) is 387 cm³/mol. The number of aryl methyl sites for hydroxylation is 3. The molecule has 2 aromatic rings. The van der Waals surface area contributed by atoms with Gasteiger partial charge >= 0.3 is 5.97 Å². The lowest BCUT2D eigenvalue weighted by atomic mass is 9.97. The Morgan fingerprint density at radius 3 is 0.989 bits per heavy atom. The van der Waals surface area contributed by atoms with Crippen molar-refractivity contribution >= 4 is 68.4 Å². The first kappa shape index (κ1) is 88.2. The standard InChI is InChI=1S/C8H14N2O2.C8H16N2.C8H10.C7H14N2.C7H9NO2S.C6H12N2.C5H10N2.C5H9N.C4H8N2.C4H10N2.C4H8.C2H6N2/c1-6(9)10-4-2-7(3-5-10)8(11)12;1-7-3-5-10(6-4-7)8(2)9;1-7-5-3-4-6-8(7)2;1-7(8)9-5-3-2-4-6-9;1-6-4-2-3-5-7(6)11(8,9)10;1-6(7)8-4-2-3-5-8;1-5(6)7-3-2-4-7;1-5-3-2-4-6-5;1-4(5)6-2-3-6;1-4(5)6(2)3;1-4(2)3;1-2(3)4/h7,9H,2-5H2,1H3,(H,11,12);7,9H,3-6H2,1-2H3;3-6H,1-2H3;8H,2-6H2,1H3;2-5H,1H3,(H2,8,9,10);7H,2-5H2,1H3;6H,2-4H2,1H3;2-4H2,1H3;5H,2-3H2,1H3;5H,1-3H3;1H2,2-3H3;1H3,(H3,3,4). The number of allylic oxidation sites excluding steroid dienone is 1. The molecule has 518 valence electrons. The average molecular weight is 1290 g/mol. The normalized spacial score (nSPS) is 15.8. The number of hydrogen-bond donors (Lipinski definition) is 11. The van der Waals surface area contributed by atoms with Crippen molar-refractivity contribution in [3.63, 3.8) is 0 Å². The topological polar surface area (TPSA) is 349 Å². The van der Waals surface area contributed by atoms with Crippen molar-refractivity contribution in [2.24, 2.45) is 27.7 Å². The van der Waals surface area contributed by atoms with E-state index in [4.69, 9.17) is 59.3 Å². The van der Waals surface area contributed by atoms with Gasteiger partial charge in [-0.2, -0.15) is 0 Å². The van der Waals surface area contributed by atoms with Crippen LogP contribution in [0.2, 0.25) is 0 Å². The molecule has 0 amide bonds. The van der Waals surface area contributed by atoms with E-state index >= 15 is 0 Å². The largest absolute Gasteiger partial charge is 0.481 e. The third-order valence-corrected chi connectivity index (χ3v) is 15.9. The molecule has 91 heavy (non-hydrogen) atoms. The fraction of sp³-hybridized carbons (Fsp3) is 0.647. The number of amidine groups is 8. The highest BCUT2D eigenvalue weighted by molar-refractivity contribution is 7.89. The minimum absolute atomic E-state index is 0.167. The number of hydrogen-bond acceptors (Lipinski definition) is 12. The molecule has 22 nitrogen and oxygen atoms in total. The summed E-state index contributed by atoms with van der Waals surface area (Å²) in [7, 11) is 0.166. The molecular weight excluding hydrogens is 1160 g/mol. The number of nitrogens with zero attached hydrogens (tertiary/aromatic N) is 8. The zero-order chi connectivity index (χ0) is 70.4. The lowest BCUT2D eigenvalue weighted by Crippen LogP contribution is -2.40. The Morgan fingerprint density at radius 1 is 0.516 bits per heavy atom. The Kier molecular flexibility index (Phi) is 49.0. The molecule has 0 atom stereocenters. The second-order valence-corrected chi connectivity index (χ2v) is 25.9. The molecule has 23 heteroatoms. The second kappa shape index (κ2) is 50.6. The van der Waals surface area contributed by atoms with Gasteiger partial charge in [-0.25, -0.2) is 13.6 Å². The van der Waals surface area contributed by atoms with E-state index in [2.05, 4.69) is 83.1 Å². The maximum absolute atomic E-state index is 10.8. The average Bonchev–Trinajstić information content (AvgIpc) is 2.27. The first-order valence-electron chi connectivity index (χ1n) is 32.1. The molecule has 7 aliphatic rings. The summed E-state index contributed by atoms with van der Waals surface area (Å²) in [6.07, 6.45) is 14.1. The number of aliphatic carboxylic acids is 1. The van der Waals surface area contributed by atoms with Crippen LogP contribution in [0.25, 0.3) is 0 Å². The number of carboxylic acid groups (broad SMARTS) is 1. The number of carbonyl (C=O) groups is 1. The van der Waals surface area contributed by atoms with Crippen molar-refractivity contribution in [2.75, 3.05) is 99.2 Å². The van der Waals surface area contributed by atoms with Crippen LogP contribution in [0.1, 0.15) is 177 Å². The van der Waals surface area contributed by atoms with Gasteiger partial charge in [-0.05, 0) is 203 Å². The molecule has 0 saturated carbocycles. The Balaban J connectivity index is -0.000000940. The molecule has 6 saturated heterocycles. The fourth-order valence-corrected chi connectivity index (χ4v) is 9.13. The van der Waals surface area contributed by atoms with Gasteiger partial charge in [0.25, 0.3) is 0 Å². The zero-order valence-electron chi connectivity index (χ0n) is 59.5. The number of likely N-dealkylation sites (tertiary alicyclic amines) is 5. The molecule has 0 bridgehead atoms. The summed E-state index contributed by atoms with van der Waals surface area (Å²) >= 11 is 0. The molecule has 0 spiro atoms. The molecule has 0 radical (unpaired) electrons. The number of nitrogens with one attached hydrogen (secondary N) is 8. The van der Waals surface area contributed by atoms with E-state index in [-0.39, 0.29) is 16.6 Å². The highest BCUT2D eigenvalue weighted by Gasteiger charge is 2.24. The maximum Gasteiger partial charge on any atom is 0.306 e. The minimum Gasteiger partial charge on any atom is -0.481 e. The van der Waals surface area contributed by atoms with Gasteiger partial charge in [-0.3, -0.25) is 53.1 Å². The van der Waals surface area contributed by atoms with Crippen LogP contribution in [-0.2, 0) is 14.8 Å². The summed E-state index contributed by atoms with van der Waals surface area (Å²) in [5.74, 6) is 4.88. The molecule has 0 aromatic heterocycles. The van der Waals surface area contributed by atoms with Crippen molar-refractivity contribution in [1.82, 2.24) is 34.3 Å². The van der Waals surface area contributed by atoms with Crippen molar-refractivity contribution < 1.29 is 18.3 Å². The van der Waals surface area contributed by atoms with E-state index in [1.54, 1.807) is 43.9 Å². The highest BCUT2D eigenvalue weighted by Crippen LogP contribution is 2.18. The van der Waals surface area contributed by atoms with Crippen LogP contribution in [0.5, 0.6) is 0 Å². The molecule has 7 aliphatic heterocycles. The van der Waals surface area contributed by atoms with E-state index in [1.165, 1.54) is 99.6 Å². The van der Waals surface area contributed by atoms with Gasteiger partial charge in [-0.1, -0.05) is 55.0 Å². The van der Waals surface area contributed by atoms with Crippen molar-refractivity contribution in [1.29, 1.82) is 43.3 Å². The quantitative estimate of drug-likeness (QED) is 0.0579. The van der Waals surface area contributed by atoms with Crippen LogP contribution in [-0.4, -0.2) is 205 Å². The Labute approximate surface area is 551 Å². The Bertz CT molecular complexity index is 2550. The van der Waals surface area contributed by atoms with Crippen LogP contribution in [0.4, 0.5) is 0 Å². The molecule has 2 aromatic carbocycles. The summed E-state index contributed by atoms with van der Waals surface area (Å²) in [4.78, 5) is 29.0. The van der Waals surface area contributed by atoms with Gasteiger partial charge in [-0.15, -0.1) is 6.58 Å². The molecule has 7 heterocycles. The lowest BCUT2D eigenvalue weighted by molar-refractivity contribution is -0.143. The van der Waals surface area contributed by atoms with Gasteiger partial charge in [0.2, 0.25) is 10.0 Å². The second-order valence-electron chi connectivity index (χ2n) is 24.3. The van der Waals surface area contributed by atoms with E-state index in [0.29, 0.717) is 54.8 Å². The maximum atomic E-state index is 10.8. The van der Waals surface area contributed by atoms with Crippen molar-refractivity contribution in [2.45, 2.75) is 186 Å². The van der Waals surface area contributed by atoms with Crippen LogP contribution in [0.3, 0.4) is 0 Å². The Hall–Kier alpha value is -7.01. The van der Waals surface area contributed by atoms with Crippen molar-refractivity contribution in [3.8, 4) is 0 Å². The molecule has 13 N–H and O–H groups in total. The highest BCUT2D eigenvalue weighted by atomic mass is 32.2. The number of primary sulfonamides is 1. The van der Waals surface area contributed by atoms with Crippen LogP contribution in [0.15, 0.2) is 70.6 Å². The molecule has 9 rings (SSSR count). The van der Waals surface area contributed by atoms with Gasteiger partial charge in [0.1, 0.15) is 0 Å². The van der Waals surface area contributed by atoms with Crippen LogP contribution in [0, 0.1) is 75.9 Å². The Morgan fingerprint density at radius 2 is 0.802 bits per heavy atom. The van der Waals surface area contributed by atoms with Gasteiger partial charge in [0, 0.05) is 105 Å². The van der Waals surface area contributed by atoms with E-state index < -0.39 is 16.0 Å². The lowest BCUT2D eigenvalue weighted by Gasteiger charge is -2.31. The van der Waals surface area contributed by atoms with Gasteiger partial charge < -0.3 is 45.1 Å². The number of rotatable bonds is 2. The number of piperidine rings is 3. The molecule has 6 fully saturated rings. The first-order chi connectivity index (χ1) is 42.3. The minimum atomic E-state index is -3.53. The predicted octanol–water partition coefficient (Wildman–Crippen LogP) is 12.3. The van der Waals surface area contributed by atoms with Gasteiger partial charge in [0.05, 0.1) is 57.5 Å². The smallest absolute Gasteiger partial charge is 0.306 e. The van der Waals surface area contributed by atoms with Crippen LogP contribution >= 0.6 is 0 Å². The van der Waals surface area contributed by atoms with E-state index in [0.717, 1.165) is 95.4 Å². The molecule has 0 unspecified atom stereocenters. The summed E-state index contributed by atoms with van der Waals surface area (Å²) < 4.78 is 21.7. The first-order valence-corrected chi connectivity index (χ1v) is 33.7. The van der Waals surface area contributed by atoms with Gasteiger partial charge in [0.15, 0.2) is 0 Å². The number of benzene rings is 2. The summed E-state index contributed by atoms with van der Waals surface area (Å²) in [6, 6.07) is 15.0. The third-order valence-electron chi connectivity index (χ3n) is 14.8. The number of sulfonamides is 1. The molecular formula is C68H126N18O4S. The van der Waals surface area contributed by atoms with Crippen molar-refractivity contribution in [3.05, 3.63) is 77.4 Å². The molecule has 0 aliphatic carbocycles. The monoisotopic (exact) mass is 1290 g/mol. The number of aliphatic imine (C=N–C) groups is 1. The summed E-state index contributed by atoms with van der Waals surface area (Å²) in [6.45, 7) is 45.6. The fourth-order valence-electron chi connectivity index (χ4n) is 8.35. The summed E-state index contributed by atoms with van der Waals surface area (Å²) in [5.41, 5.74) is 10.6. The zero-order valence-corrected chi connectivity index (χ0v) is 60.3. The third kappa shape index (κ3) is 50.3. The SMILES string of the molecule is C=C(C)C.CC(=N)N.CC(=N)N(C)C.CC(=N)N1CC1.CC(=N)N1CCC(C(=O)O)CC1.CC(=N)N1CCC(C)CC1.CC(=N)N1CCC1.CC(=N)N1CCCC1.CC(=N)N1CCCCC1.CC1=NCCC1.Cc1ccccc1C.Cc1ccccc1S(N)(=O)=O. The summed E-state index contributed by atoms with van der Waals surface area (Å²) in [5, 5.41) is 70.0. The number of nitrogens with two attached hydrogens (primary N) is 2. The number of carboxylic acids is 1. The van der Waals surface area contributed by atoms with E-state index in [9.17, 15) is 13.2 Å². The van der Waals surface area contributed by atoms with E-state index in [1.807, 2.05) is 72.4 Å². The van der Waals surface area contributed by atoms with Crippen LogP contribution < -0.4 is 10.9 Å².